The number of nitrogens with zero attached hydrogens (tertiary/aromatic N) is 2. The van der Waals surface area contributed by atoms with Gasteiger partial charge in [0.15, 0.2) is 5.69 Å². The largest absolute Gasteiger partial charge is 0.497 e. The van der Waals surface area contributed by atoms with Gasteiger partial charge in [-0.05, 0) is 48.0 Å². The van der Waals surface area contributed by atoms with Gasteiger partial charge in [-0.3, -0.25) is 4.68 Å². The van der Waals surface area contributed by atoms with E-state index in [1.807, 2.05) is 36.4 Å². The molecule has 0 amide bonds. The second-order valence-electron chi connectivity index (χ2n) is 5.23. The van der Waals surface area contributed by atoms with Gasteiger partial charge in [-0.1, -0.05) is 23.7 Å². The number of ether oxygens (including phenoxy) is 1. The average molecular weight is 343 g/mol. The molecule has 6 heteroatoms. The van der Waals surface area contributed by atoms with Gasteiger partial charge in [-0.25, -0.2) is 4.79 Å². The Morgan fingerprint density at radius 3 is 2.42 bits per heavy atom. The Hall–Kier alpha value is -2.79. The van der Waals surface area contributed by atoms with E-state index in [9.17, 15) is 9.90 Å². The lowest BCUT2D eigenvalue weighted by molar-refractivity contribution is 0.0689. The van der Waals surface area contributed by atoms with Gasteiger partial charge >= 0.3 is 5.97 Å². The summed E-state index contributed by atoms with van der Waals surface area (Å²) in [5, 5.41) is 14.1. The molecule has 1 aromatic heterocycles. The first-order valence-corrected chi connectivity index (χ1v) is 7.64. The van der Waals surface area contributed by atoms with Crippen LogP contribution in [0.4, 0.5) is 0 Å². The van der Waals surface area contributed by atoms with Crippen LogP contribution in [0.25, 0.3) is 11.3 Å². The zero-order valence-corrected chi connectivity index (χ0v) is 13.7. The fraction of sp³-hybridized carbons (Fsp3) is 0.111. The molecule has 0 unspecified atom stereocenters. The van der Waals surface area contributed by atoms with Crippen molar-refractivity contribution in [2.45, 2.75) is 6.54 Å². The quantitative estimate of drug-likeness (QED) is 0.762. The van der Waals surface area contributed by atoms with Crippen LogP contribution >= 0.6 is 11.6 Å². The molecule has 0 aliphatic carbocycles. The maximum atomic E-state index is 11.3. The predicted molar refractivity (Wildman–Crippen MR) is 91.7 cm³/mol. The Labute approximate surface area is 144 Å². The Balaban J connectivity index is 2.00. The molecule has 122 valence electrons. The summed E-state index contributed by atoms with van der Waals surface area (Å²) in [4.78, 5) is 11.3. The van der Waals surface area contributed by atoms with Crippen LogP contribution in [-0.2, 0) is 6.54 Å². The highest BCUT2D eigenvalue weighted by molar-refractivity contribution is 6.30. The molecule has 0 aliphatic heterocycles. The van der Waals surface area contributed by atoms with Gasteiger partial charge in [-0.2, -0.15) is 5.10 Å². The summed E-state index contributed by atoms with van der Waals surface area (Å²) >= 11 is 5.90. The number of carbonyl (C=O) groups is 1. The molecule has 1 N–H and O–H groups in total. The van der Waals surface area contributed by atoms with E-state index in [0.29, 0.717) is 11.6 Å². The number of aromatic nitrogens is 2. The smallest absolute Gasteiger partial charge is 0.356 e. The molecule has 1 heterocycles. The summed E-state index contributed by atoms with van der Waals surface area (Å²) in [7, 11) is 1.60. The van der Waals surface area contributed by atoms with E-state index >= 15 is 0 Å². The maximum absolute atomic E-state index is 11.3. The van der Waals surface area contributed by atoms with Crippen LogP contribution in [0, 0.1) is 0 Å². The second kappa shape index (κ2) is 6.76. The lowest BCUT2D eigenvalue weighted by atomic mass is 10.1. The average Bonchev–Trinajstić information content (AvgIpc) is 3.01. The van der Waals surface area contributed by atoms with Gasteiger partial charge in [0, 0.05) is 10.6 Å². The number of rotatable bonds is 5. The summed E-state index contributed by atoms with van der Waals surface area (Å²) < 4.78 is 6.83. The summed E-state index contributed by atoms with van der Waals surface area (Å²) in [6.07, 6.45) is 0. The van der Waals surface area contributed by atoms with E-state index < -0.39 is 5.97 Å². The van der Waals surface area contributed by atoms with Crippen LogP contribution in [0.2, 0.25) is 5.02 Å². The van der Waals surface area contributed by atoms with Gasteiger partial charge in [0.25, 0.3) is 0 Å². The Morgan fingerprint density at radius 1 is 1.17 bits per heavy atom. The molecule has 0 spiro atoms. The molecule has 3 aromatic rings. The number of methoxy groups -OCH3 is 1. The van der Waals surface area contributed by atoms with Crippen molar-refractivity contribution in [3.05, 3.63) is 70.9 Å². The van der Waals surface area contributed by atoms with Gasteiger partial charge in [0.2, 0.25) is 0 Å². The Morgan fingerprint density at radius 2 is 1.83 bits per heavy atom. The topological polar surface area (TPSA) is 64.3 Å². The van der Waals surface area contributed by atoms with Crippen LogP contribution < -0.4 is 4.74 Å². The first kappa shape index (κ1) is 16.1. The van der Waals surface area contributed by atoms with Gasteiger partial charge in [-0.15, -0.1) is 0 Å². The number of aromatic carboxylic acids is 1. The van der Waals surface area contributed by atoms with Crippen LogP contribution in [-0.4, -0.2) is 28.0 Å². The zero-order chi connectivity index (χ0) is 17.1. The third-order valence-electron chi connectivity index (χ3n) is 3.63. The summed E-state index contributed by atoms with van der Waals surface area (Å²) in [5.41, 5.74) is 2.58. The van der Waals surface area contributed by atoms with E-state index in [2.05, 4.69) is 5.10 Å². The molecule has 0 bridgehead atoms. The third kappa shape index (κ3) is 3.41. The number of benzene rings is 2. The highest BCUT2D eigenvalue weighted by Gasteiger charge is 2.15. The maximum Gasteiger partial charge on any atom is 0.356 e. The molecule has 0 fully saturated rings. The van der Waals surface area contributed by atoms with Crippen LogP contribution in [0.5, 0.6) is 5.75 Å². The van der Waals surface area contributed by atoms with Crippen molar-refractivity contribution in [1.29, 1.82) is 0 Å². The molecule has 5 nitrogen and oxygen atoms in total. The molecule has 0 atom stereocenters. The Kier molecular flexibility index (Phi) is 4.53. The fourth-order valence-electron chi connectivity index (χ4n) is 2.40. The van der Waals surface area contributed by atoms with Gasteiger partial charge in [0.05, 0.1) is 19.3 Å². The van der Waals surface area contributed by atoms with Crippen LogP contribution in [0.3, 0.4) is 0 Å². The van der Waals surface area contributed by atoms with Crippen molar-refractivity contribution < 1.29 is 14.6 Å². The molecule has 0 saturated carbocycles. The van der Waals surface area contributed by atoms with E-state index in [-0.39, 0.29) is 5.69 Å². The standard InChI is InChI=1S/C18H15ClN2O3/c1-24-15-8-4-13(5-9-15)17-10-16(18(22)23)20-21(17)11-12-2-6-14(19)7-3-12/h2-10H,11H2,1H3,(H,22,23). The summed E-state index contributed by atoms with van der Waals surface area (Å²) in [6.45, 7) is 0.450. The van der Waals surface area contributed by atoms with Crippen molar-refractivity contribution in [3.8, 4) is 17.0 Å². The van der Waals surface area contributed by atoms with Crippen molar-refractivity contribution in [3.63, 3.8) is 0 Å². The molecule has 3 rings (SSSR count). The minimum Gasteiger partial charge on any atom is -0.497 e. The van der Waals surface area contributed by atoms with Crippen molar-refractivity contribution >= 4 is 17.6 Å². The lowest BCUT2D eigenvalue weighted by Crippen LogP contribution is -2.05. The molecule has 2 aromatic carbocycles. The summed E-state index contributed by atoms with van der Waals surface area (Å²) in [5.74, 6) is -0.319. The Bertz CT molecular complexity index is 855. The predicted octanol–water partition coefficient (Wildman–Crippen LogP) is 3.96. The van der Waals surface area contributed by atoms with Crippen LogP contribution in [0.1, 0.15) is 16.1 Å². The van der Waals surface area contributed by atoms with E-state index in [1.54, 1.807) is 30.0 Å². The van der Waals surface area contributed by atoms with Crippen molar-refractivity contribution in [2.75, 3.05) is 7.11 Å². The van der Waals surface area contributed by atoms with Crippen molar-refractivity contribution in [1.82, 2.24) is 9.78 Å². The van der Waals surface area contributed by atoms with Gasteiger partial charge < -0.3 is 9.84 Å². The zero-order valence-electron chi connectivity index (χ0n) is 12.9. The second-order valence-corrected chi connectivity index (χ2v) is 5.67. The van der Waals surface area contributed by atoms with E-state index in [0.717, 1.165) is 22.6 Å². The number of halogens is 1. The molecule has 0 radical (unpaired) electrons. The normalized spacial score (nSPS) is 10.6. The number of carboxylic acids is 1. The summed E-state index contributed by atoms with van der Waals surface area (Å²) in [6, 6.07) is 16.4. The molecular weight excluding hydrogens is 328 g/mol. The third-order valence-corrected chi connectivity index (χ3v) is 3.88. The van der Waals surface area contributed by atoms with Crippen molar-refractivity contribution in [2.24, 2.45) is 0 Å². The molecule has 24 heavy (non-hydrogen) atoms. The first-order chi connectivity index (χ1) is 11.6. The first-order valence-electron chi connectivity index (χ1n) is 7.27. The highest BCUT2D eigenvalue weighted by Crippen LogP contribution is 2.24. The molecular formula is C18H15ClN2O3. The minimum atomic E-state index is -1.06. The van der Waals surface area contributed by atoms with Gasteiger partial charge in [0.1, 0.15) is 5.75 Å². The number of carboxylic acid groups (broad SMARTS) is 1. The van der Waals surface area contributed by atoms with E-state index in [4.69, 9.17) is 16.3 Å². The SMILES string of the molecule is COc1ccc(-c2cc(C(=O)O)nn2Cc2ccc(Cl)cc2)cc1. The molecule has 0 saturated heterocycles. The number of hydrogen-bond donors (Lipinski definition) is 1. The van der Waals surface area contributed by atoms with Crippen LogP contribution in [0.15, 0.2) is 54.6 Å². The number of hydrogen-bond acceptors (Lipinski definition) is 3. The monoisotopic (exact) mass is 342 g/mol. The molecule has 0 aliphatic rings. The lowest BCUT2D eigenvalue weighted by Gasteiger charge is -2.08. The highest BCUT2D eigenvalue weighted by atomic mass is 35.5. The van der Waals surface area contributed by atoms with E-state index in [1.165, 1.54) is 0 Å². The fourth-order valence-corrected chi connectivity index (χ4v) is 2.52. The minimum absolute atomic E-state index is 0.00906.